The second-order valence-corrected chi connectivity index (χ2v) is 13.5. The van der Waals surface area contributed by atoms with Gasteiger partial charge in [-0.25, -0.2) is 0 Å². The van der Waals surface area contributed by atoms with Crippen molar-refractivity contribution < 1.29 is 29.3 Å². The van der Waals surface area contributed by atoms with Crippen LogP contribution in [-0.4, -0.2) is 47.6 Å². The van der Waals surface area contributed by atoms with E-state index in [1.54, 1.807) is 6.08 Å². The molecule has 0 spiro atoms. The highest BCUT2D eigenvalue weighted by atomic mass is 16.6. The van der Waals surface area contributed by atoms with Gasteiger partial charge in [0.15, 0.2) is 6.10 Å². The lowest BCUT2D eigenvalue weighted by Gasteiger charge is -2.15. The van der Waals surface area contributed by atoms with Gasteiger partial charge in [-0.2, -0.15) is 0 Å². The van der Waals surface area contributed by atoms with Crippen LogP contribution >= 0.6 is 0 Å². The number of allylic oxidation sites excluding steroid dienone is 9. The summed E-state index contributed by atoms with van der Waals surface area (Å²) in [5.41, 5.74) is 0. The van der Waals surface area contributed by atoms with E-state index in [0.717, 1.165) is 51.4 Å². The smallest absolute Gasteiger partial charge is 0.306 e. The number of esters is 2. The summed E-state index contributed by atoms with van der Waals surface area (Å²) >= 11 is 0. The van der Waals surface area contributed by atoms with E-state index in [9.17, 15) is 19.8 Å². The van der Waals surface area contributed by atoms with Crippen LogP contribution in [0.25, 0.3) is 0 Å². The molecule has 2 atom stereocenters. The molecule has 0 bridgehead atoms. The Labute approximate surface area is 307 Å². The van der Waals surface area contributed by atoms with Gasteiger partial charge in [0.25, 0.3) is 0 Å². The molecule has 0 aromatic carbocycles. The fraction of sp³-hybridized carbons (Fsp3) is 0.727. The molecule has 0 aliphatic rings. The summed E-state index contributed by atoms with van der Waals surface area (Å²) in [6.45, 7) is 3.76. The van der Waals surface area contributed by atoms with Crippen molar-refractivity contribution in [1.29, 1.82) is 0 Å². The number of unbranched alkanes of at least 4 members (excludes halogenated alkanes) is 18. The van der Waals surface area contributed by atoms with Gasteiger partial charge in [-0.05, 0) is 44.9 Å². The number of hydrogen-bond acceptors (Lipinski definition) is 6. The molecule has 288 valence electrons. The average Bonchev–Trinajstić information content (AvgIpc) is 3.12. The number of carbonyl (C=O) groups excluding carboxylic acids is 2. The first kappa shape index (κ1) is 47.6. The molecule has 6 heteroatoms. The molecule has 0 aromatic heterocycles. The van der Waals surface area contributed by atoms with Gasteiger partial charge in [0, 0.05) is 12.8 Å². The van der Waals surface area contributed by atoms with Crippen LogP contribution in [0.3, 0.4) is 0 Å². The fourth-order valence-electron chi connectivity index (χ4n) is 5.48. The van der Waals surface area contributed by atoms with Crippen LogP contribution in [-0.2, 0) is 19.1 Å². The predicted octanol–water partition coefficient (Wildman–Crippen LogP) is 11.8. The van der Waals surface area contributed by atoms with Crippen molar-refractivity contribution in [3.63, 3.8) is 0 Å². The summed E-state index contributed by atoms with van der Waals surface area (Å²) in [6, 6.07) is 0. The highest BCUT2D eigenvalue weighted by Crippen LogP contribution is 2.15. The average molecular weight is 701 g/mol. The zero-order valence-corrected chi connectivity index (χ0v) is 32.3. The van der Waals surface area contributed by atoms with Crippen LogP contribution in [0.15, 0.2) is 60.8 Å². The van der Waals surface area contributed by atoms with E-state index in [1.807, 2.05) is 19.1 Å². The lowest BCUT2D eigenvalue weighted by atomic mass is 10.0. The van der Waals surface area contributed by atoms with Crippen LogP contribution < -0.4 is 0 Å². The van der Waals surface area contributed by atoms with Gasteiger partial charge in [-0.15, -0.1) is 0 Å². The molecule has 50 heavy (non-hydrogen) atoms. The molecule has 6 nitrogen and oxygen atoms in total. The molecule has 0 unspecified atom stereocenters. The Hall–Kier alpha value is -2.44. The first-order chi connectivity index (χ1) is 24.5. The molecular formula is C44H76O6. The second-order valence-electron chi connectivity index (χ2n) is 13.5. The van der Waals surface area contributed by atoms with E-state index in [-0.39, 0.29) is 31.3 Å². The number of rotatable bonds is 36. The quantitative estimate of drug-likeness (QED) is 0.0292. The molecule has 0 saturated heterocycles. The van der Waals surface area contributed by atoms with Gasteiger partial charge in [0.1, 0.15) is 6.61 Å². The zero-order valence-electron chi connectivity index (χ0n) is 32.3. The molecule has 0 heterocycles. The Morgan fingerprint density at radius 1 is 0.560 bits per heavy atom. The number of aliphatic hydroxyl groups excluding tert-OH is 2. The largest absolute Gasteiger partial charge is 0.462 e. The van der Waals surface area contributed by atoms with E-state index in [1.165, 1.54) is 96.3 Å². The van der Waals surface area contributed by atoms with Gasteiger partial charge in [0.2, 0.25) is 0 Å². The number of aliphatic hydroxyl groups is 2. The molecule has 0 saturated carbocycles. The number of carbonyl (C=O) groups is 2. The van der Waals surface area contributed by atoms with E-state index in [2.05, 4.69) is 49.5 Å². The molecule has 0 radical (unpaired) electrons. The third kappa shape index (κ3) is 36.8. The first-order valence-corrected chi connectivity index (χ1v) is 20.5. The van der Waals surface area contributed by atoms with Crippen molar-refractivity contribution in [2.24, 2.45) is 0 Å². The fourth-order valence-corrected chi connectivity index (χ4v) is 5.48. The molecule has 0 fully saturated rings. The normalized spacial score (nSPS) is 13.4. The van der Waals surface area contributed by atoms with Crippen molar-refractivity contribution in [1.82, 2.24) is 0 Å². The molecular weight excluding hydrogens is 624 g/mol. The van der Waals surface area contributed by atoms with Crippen LogP contribution in [0.4, 0.5) is 0 Å². The SMILES string of the molecule is CCCCCCCCCCCCCCCCCCCCC(=O)O[C@@H](CO)COC(=O)CCC/C=C\C/C=C\C/C=C\C/C=C\C=C\[C@@H](O)CC. The monoisotopic (exact) mass is 701 g/mol. The van der Waals surface area contributed by atoms with E-state index in [4.69, 9.17) is 9.47 Å². The van der Waals surface area contributed by atoms with Crippen molar-refractivity contribution in [2.75, 3.05) is 13.2 Å². The second kappa shape index (κ2) is 39.3. The predicted molar refractivity (Wildman–Crippen MR) is 211 cm³/mol. The van der Waals surface area contributed by atoms with Crippen molar-refractivity contribution >= 4 is 11.9 Å². The van der Waals surface area contributed by atoms with Crippen LogP contribution in [0, 0.1) is 0 Å². The number of hydrogen-bond donors (Lipinski definition) is 2. The molecule has 0 rings (SSSR count). The minimum absolute atomic E-state index is 0.105. The zero-order chi connectivity index (χ0) is 36.6. The topological polar surface area (TPSA) is 93.1 Å². The maximum Gasteiger partial charge on any atom is 0.306 e. The van der Waals surface area contributed by atoms with Crippen molar-refractivity contribution in [3.05, 3.63) is 60.8 Å². The van der Waals surface area contributed by atoms with E-state index in [0.29, 0.717) is 19.3 Å². The highest BCUT2D eigenvalue weighted by Gasteiger charge is 2.16. The Kier molecular flexibility index (Phi) is 37.4. The highest BCUT2D eigenvalue weighted by molar-refractivity contribution is 5.70. The van der Waals surface area contributed by atoms with E-state index >= 15 is 0 Å². The van der Waals surface area contributed by atoms with Gasteiger partial charge in [0.05, 0.1) is 12.7 Å². The van der Waals surface area contributed by atoms with Gasteiger partial charge < -0.3 is 19.7 Å². The Morgan fingerprint density at radius 3 is 1.52 bits per heavy atom. The summed E-state index contributed by atoms with van der Waals surface area (Å²) in [5.74, 6) is -0.676. The Morgan fingerprint density at radius 2 is 1.02 bits per heavy atom. The van der Waals surface area contributed by atoms with Gasteiger partial charge in [-0.3, -0.25) is 9.59 Å². The first-order valence-electron chi connectivity index (χ1n) is 20.5. The summed E-state index contributed by atoms with van der Waals surface area (Å²) in [5, 5.41) is 19.0. The third-order valence-corrected chi connectivity index (χ3v) is 8.73. The molecule has 0 aliphatic carbocycles. The molecule has 0 aromatic rings. The summed E-state index contributed by atoms with van der Waals surface area (Å²) < 4.78 is 10.6. The lowest BCUT2D eigenvalue weighted by Crippen LogP contribution is -2.28. The maximum atomic E-state index is 12.2. The van der Waals surface area contributed by atoms with Crippen molar-refractivity contribution in [2.45, 2.75) is 193 Å². The van der Waals surface area contributed by atoms with Crippen LogP contribution in [0.2, 0.25) is 0 Å². The standard InChI is InChI=1S/C44H76O6/c1-3-5-6-7-8-9-10-11-12-13-14-15-20-23-26-29-32-35-38-44(48)50-42(39-45)40-49-43(47)37-34-31-28-25-22-19-17-16-18-21-24-27-30-33-36-41(46)4-2/h17-19,21,25,27-28,30,33,36,41-42,45-46H,3-16,20,22-24,26,29,31-32,34-35,37-40H2,1-2H3/b19-17-,21-18-,28-25-,30-27-,36-33+/t41-,42-/m0/s1. The van der Waals surface area contributed by atoms with Crippen LogP contribution in [0.1, 0.15) is 181 Å². The van der Waals surface area contributed by atoms with E-state index < -0.39 is 6.10 Å². The molecule has 0 amide bonds. The molecule has 0 aliphatic heterocycles. The summed E-state index contributed by atoms with van der Waals surface area (Å²) in [7, 11) is 0. The minimum atomic E-state index is -0.803. The minimum Gasteiger partial charge on any atom is -0.462 e. The van der Waals surface area contributed by atoms with Gasteiger partial charge >= 0.3 is 11.9 Å². The number of ether oxygens (including phenoxy) is 2. The third-order valence-electron chi connectivity index (χ3n) is 8.73. The molecule has 2 N–H and O–H groups in total. The van der Waals surface area contributed by atoms with Gasteiger partial charge in [-0.1, -0.05) is 184 Å². The van der Waals surface area contributed by atoms with Crippen molar-refractivity contribution in [3.8, 4) is 0 Å². The lowest BCUT2D eigenvalue weighted by molar-refractivity contribution is -0.161. The Balaban J connectivity index is 3.65. The summed E-state index contributed by atoms with van der Waals surface area (Å²) in [6.07, 6.45) is 48.1. The maximum absolute atomic E-state index is 12.2. The summed E-state index contributed by atoms with van der Waals surface area (Å²) in [4.78, 5) is 24.3. The Bertz CT molecular complexity index is 902. The van der Waals surface area contributed by atoms with Crippen LogP contribution in [0.5, 0.6) is 0 Å².